The number of halogens is 1. The van der Waals surface area contributed by atoms with Gasteiger partial charge in [0.05, 0.1) is 11.5 Å². The van der Waals surface area contributed by atoms with Gasteiger partial charge in [-0.2, -0.15) is 0 Å². The molecule has 15 heavy (non-hydrogen) atoms. The van der Waals surface area contributed by atoms with Crippen LogP contribution in [0.2, 0.25) is 0 Å². The predicted molar refractivity (Wildman–Crippen MR) is 57.3 cm³/mol. The number of sulfone groups is 1. The van der Waals surface area contributed by atoms with E-state index >= 15 is 0 Å². The van der Waals surface area contributed by atoms with E-state index < -0.39 is 16.0 Å². The van der Waals surface area contributed by atoms with Crippen molar-refractivity contribution in [3.8, 4) is 0 Å². The van der Waals surface area contributed by atoms with Gasteiger partial charge in [-0.05, 0) is 37.6 Å². The first-order chi connectivity index (χ1) is 7.08. The normalized spacial score (nSPS) is 41.3. The molecule has 2 saturated heterocycles. The monoisotopic (exact) mass is 235 g/mol. The average molecular weight is 235 g/mol. The van der Waals surface area contributed by atoms with Gasteiger partial charge in [-0.3, -0.25) is 0 Å². The molecule has 0 amide bonds. The standard InChI is InChI=1S/C10H18FNO2S/c11-10-6-12-4-3-9(10)8-2-1-5-15(13,14)7-8/h8-10,12H,1-7H2. The van der Waals surface area contributed by atoms with Crippen LogP contribution < -0.4 is 5.32 Å². The molecule has 2 fully saturated rings. The molecule has 2 heterocycles. The van der Waals surface area contributed by atoms with Crippen molar-refractivity contribution in [2.75, 3.05) is 24.6 Å². The van der Waals surface area contributed by atoms with Crippen LogP contribution in [0.15, 0.2) is 0 Å². The van der Waals surface area contributed by atoms with Crippen LogP contribution in [0, 0.1) is 11.8 Å². The molecule has 5 heteroatoms. The highest BCUT2D eigenvalue weighted by Crippen LogP contribution is 2.32. The van der Waals surface area contributed by atoms with Gasteiger partial charge in [-0.15, -0.1) is 0 Å². The van der Waals surface area contributed by atoms with Gasteiger partial charge >= 0.3 is 0 Å². The lowest BCUT2D eigenvalue weighted by Gasteiger charge is -2.35. The molecule has 88 valence electrons. The van der Waals surface area contributed by atoms with E-state index in [0.717, 1.165) is 19.4 Å². The van der Waals surface area contributed by atoms with Crippen molar-refractivity contribution in [3.05, 3.63) is 0 Å². The van der Waals surface area contributed by atoms with Gasteiger partial charge in [0.1, 0.15) is 6.17 Å². The highest BCUT2D eigenvalue weighted by Gasteiger charge is 2.36. The third kappa shape index (κ3) is 2.69. The van der Waals surface area contributed by atoms with Crippen LogP contribution in [0.1, 0.15) is 19.3 Å². The Hall–Kier alpha value is -0.160. The summed E-state index contributed by atoms with van der Waals surface area (Å²) in [4.78, 5) is 0. The summed E-state index contributed by atoms with van der Waals surface area (Å²) in [6.45, 7) is 1.21. The zero-order valence-electron chi connectivity index (χ0n) is 8.78. The minimum absolute atomic E-state index is 0.0404. The SMILES string of the molecule is O=S1(=O)CCCC(C2CCNCC2F)C1. The lowest BCUT2D eigenvalue weighted by atomic mass is 9.82. The van der Waals surface area contributed by atoms with Gasteiger partial charge in [0, 0.05) is 6.54 Å². The largest absolute Gasteiger partial charge is 0.314 e. The van der Waals surface area contributed by atoms with E-state index in [-0.39, 0.29) is 17.6 Å². The molecular formula is C10H18FNO2S. The van der Waals surface area contributed by atoms with Crippen LogP contribution >= 0.6 is 0 Å². The zero-order valence-corrected chi connectivity index (χ0v) is 9.60. The summed E-state index contributed by atoms with van der Waals surface area (Å²) in [5.41, 5.74) is 0. The van der Waals surface area contributed by atoms with Crippen LogP contribution in [0.25, 0.3) is 0 Å². The van der Waals surface area contributed by atoms with E-state index in [0.29, 0.717) is 18.7 Å². The van der Waals surface area contributed by atoms with E-state index in [4.69, 9.17) is 0 Å². The van der Waals surface area contributed by atoms with Crippen LogP contribution in [-0.2, 0) is 9.84 Å². The van der Waals surface area contributed by atoms with Crippen molar-refractivity contribution in [2.45, 2.75) is 25.4 Å². The Labute approximate surface area is 90.4 Å². The van der Waals surface area contributed by atoms with Gasteiger partial charge < -0.3 is 5.32 Å². The topological polar surface area (TPSA) is 46.2 Å². The third-order valence-electron chi connectivity index (χ3n) is 3.56. The summed E-state index contributed by atoms with van der Waals surface area (Å²) in [5, 5.41) is 3.00. The van der Waals surface area contributed by atoms with Crippen molar-refractivity contribution >= 4 is 9.84 Å². The molecule has 2 aliphatic rings. The second kappa shape index (κ2) is 4.37. The van der Waals surface area contributed by atoms with Gasteiger partial charge in [-0.25, -0.2) is 12.8 Å². The van der Waals surface area contributed by atoms with E-state index in [1.54, 1.807) is 0 Å². The summed E-state index contributed by atoms with van der Waals surface area (Å²) in [5.74, 6) is 0.519. The molecule has 0 spiro atoms. The number of nitrogens with one attached hydrogen (secondary N) is 1. The quantitative estimate of drug-likeness (QED) is 0.730. The van der Waals surface area contributed by atoms with Crippen LogP contribution in [0.3, 0.4) is 0 Å². The van der Waals surface area contributed by atoms with Crippen LogP contribution in [0.5, 0.6) is 0 Å². The summed E-state index contributed by atoms with van der Waals surface area (Å²) in [6.07, 6.45) is 1.51. The Bertz CT molecular complexity index is 317. The van der Waals surface area contributed by atoms with Crippen molar-refractivity contribution in [1.82, 2.24) is 5.32 Å². The predicted octanol–water partition coefficient (Wildman–Crippen LogP) is 0.759. The molecule has 1 N–H and O–H groups in total. The fourth-order valence-corrected chi connectivity index (χ4v) is 4.61. The molecule has 0 radical (unpaired) electrons. The van der Waals surface area contributed by atoms with Crippen molar-refractivity contribution in [2.24, 2.45) is 11.8 Å². The van der Waals surface area contributed by atoms with Gasteiger partial charge in [0.2, 0.25) is 0 Å². The Morgan fingerprint density at radius 1 is 1.27 bits per heavy atom. The van der Waals surface area contributed by atoms with Crippen LogP contribution in [0.4, 0.5) is 4.39 Å². The molecule has 2 aliphatic heterocycles. The molecule has 0 aliphatic carbocycles. The maximum atomic E-state index is 13.6. The van der Waals surface area contributed by atoms with E-state index in [1.165, 1.54) is 0 Å². The smallest absolute Gasteiger partial charge is 0.150 e. The summed E-state index contributed by atoms with van der Waals surface area (Å²) in [7, 11) is -2.89. The molecule has 0 saturated carbocycles. The minimum Gasteiger partial charge on any atom is -0.314 e. The zero-order chi connectivity index (χ0) is 10.9. The Morgan fingerprint density at radius 2 is 2.07 bits per heavy atom. The van der Waals surface area contributed by atoms with Crippen LogP contribution in [-0.4, -0.2) is 39.2 Å². The highest BCUT2D eigenvalue weighted by atomic mass is 32.2. The summed E-state index contributed by atoms with van der Waals surface area (Å²) in [6, 6.07) is 0. The molecule has 0 aromatic rings. The summed E-state index contributed by atoms with van der Waals surface area (Å²) >= 11 is 0. The average Bonchev–Trinajstić information content (AvgIpc) is 2.17. The lowest BCUT2D eigenvalue weighted by Crippen LogP contribution is -2.44. The van der Waals surface area contributed by atoms with Gasteiger partial charge in [0.15, 0.2) is 9.84 Å². The first-order valence-electron chi connectivity index (χ1n) is 5.64. The molecule has 2 rings (SSSR count). The molecule has 0 aromatic heterocycles. The number of piperidine rings is 1. The summed E-state index contributed by atoms with van der Waals surface area (Å²) < 4.78 is 36.6. The fraction of sp³-hybridized carbons (Fsp3) is 1.00. The number of alkyl halides is 1. The van der Waals surface area contributed by atoms with Crippen molar-refractivity contribution in [3.63, 3.8) is 0 Å². The molecular weight excluding hydrogens is 217 g/mol. The molecule has 0 aromatic carbocycles. The van der Waals surface area contributed by atoms with Gasteiger partial charge in [0.25, 0.3) is 0 Å². The second-order valence-corrected chi connectivity index (χ2v) is 6.92. The second-order valence-electron chi connectivity index (χ2n) is 4.69. The minimum atomic E-state index is -2.89. The van der Waals surface area contributed by atoms with Gasteiger partial charge in [-0.1, -0.05) is 0 Å². The highest BCUT2D eigenvalue weighted by molar-refractivity contribution is 7.91. The fourth-order valence-electron chi connectivity index (χ4n) is 2.77. The van der Waals surface area contributed by atoms with E-state index in [9.17, 15) is 12.8 Å². The Morgan fingerprint density at radius 3 is 2.73 bits per heavy atom. The van der Waals surface area contributed by atoms with Crippen molar-refractivity contribution < 1.29 is 12.8 Å². The molecule has 3 atom stereocenters. The van der Waals surface area contributed by atoms with Crippen molar-refractivity contribution in [1.29, 1.82) is 0 Å². The Balaban J connectivity index is 2.03. The molecule has 3 unspecified atom stereocenters. The molecule has 3 nitrogen and oxygen atoms in total. The Kier molecular flexibility index (Phi) is 3.30. The number of rotatable bonds is 1. The maximum Gasteiger partial charge on any atom is 0.150 e. The van der Waals surface area contributed by atoms with E-state index in [1.807, 2.05) is 0 Å². The third-order valence-corrected chi connectivity index (χ3v) is 5.41. The number of hydrogen-bond acceptors (Lipinski definition) is 3. The molecule has 0 bridgehead atoms. The first kappa shape index (κ1) is 11.3. The lowest BCUT2D eigenvalue weighted by molar-refractivity contribution is 0.127. The first-order valence-corrected chi connectivity index (χ1v) is 7.46. The maximum absolute atomic E-state index is 13.6. The number of hydrogen-bond donors (Lipinski definition) is 1. The van der Waals surface area contributed by atoms with E-state index in [2.05, 4.69) is 5.32 Å².